The minimum atomic E-state index is 0.0492. The number of piperidine rings is 1. The van der Waals surface area contributed by atoms with Crippen molar-refractivity contribution in [2.45, 2.75) is 44.4 Å². The summed E-state index contributed by atoms with van der Waals surface area (Å²) in [5.41, 5.74) is 8.58. The molecule has 194 valence electrons. The van der Waals surface area contributed by atoms with E-state index in [4.69, 9.17) is 4.74 Å². The predicted octanol–water partition coefficient (Wildman–Crippen LogP) is 5.01. The van der Waals surface area contributed by atoms with Gasteiger partial charge in [0, 0.05) is 47.4 Å². The van der Waals surface area contributed by atoms with E-state index < -0.39 is 0 Å². The fourth-order valence-electron chi connectivity index (χ4n) is 6.78. The number of hydrogen-bond acceptors (Lipinski definition) is 4. The molecule has 7 rings (SSSR count). The molecule has 3 aromatic carbocycles. The molecule has 0 unspecified atom stereocenters. The molecule has 38 heavy (non-hydrogen) atoms. The lowest BCUT2D eigenvalue weighted by atomic mass is 9.74. The highest BCUT2D eigenvalue weighted by atomic mass is 16.5. The van der Waals surface area contributed by atoms with Gasteiger partial charge in [0.2, 0.25) is 5.91 Å². The van der Waals surface area contributed by atoms with Crippen LogP contribution in [0.3, 0.4) is 0 Å². The van der Waals surface area contributed by atoms with Crippen LogP contribution in [0.25, 0.3) is 11.1 Å². The quantitative estimate of drug-likeness (QED) is 0.542. The van der Waals surface area contributed by atoms with E-state index in [0.29, 0.717) is 18.5 Å². The minimum absolute atomic E-state index is 0.0492. The largest absolute Gasteiger partial charge is 0.492 e. The van der Waals surface area contributed by atoms with Crippen molar-refractivity contribution in [1.29, 1.82) is 0 Å². The van der Waals surface area contributed by atoms with Crippen LogP contribution < -0.4 is 19.9 Å². The lowest BCUT2D eigenvalue weighted by Gasteiger charge is -2.33. The van der Waals surface area contributed by atoms with E-state index in [-0.39, 0.29) is 17.2 Å². The van der Waals surface area contributed by atoms with Crippen molar-refractivity contribution in [3.8, 4) is 16.9 Å². The van der Waals surface area contributed by atoms with E-state index >= 15 is 0 Å². The molecule has 0 radical (unpaired) electrons. The van der Waals surface area contributed by atoms with Crippen molar-refractivity contribution in [2.24, 2.45) is 0 Å². The number of aryl methyl sites for hydroxylation is 1. The van der Waals surface area contributed by atoms with E-state index in [2.05, 4.69) is 36.5 Å². The van der Waals surface area contributed by atoms with Gasteiger partial charge in [0.15, 0.2) is 0 Å². The highest BCUT2D eigenvalue weighted by molar-refractivity contribution is 6.07. The normalized spacial score (nSPS) is 19.6. The number of benzene rings is 3. The minimum Gasteiger partial charge on any atom is -0.492 e. The number of nitrogens with zero attached hydrogens (tertiary/aromatic N) is 2. The van der Waals surface area contributed by atoms with Gasteiger partial charge in [0.1, 0.15) is 5.75 Å². The molecule has 0 aromatic heterocycles. The van der Waals surface area contributed by atoms with Crippen LogP contribution in [0.5, 0.6) is 5.75 Å². The molecule has 0 saturated carbocycles. The van der Waals surface area contributed by atoms with Crippen molar-refractivity contribution in [3.63, 3.8) is 0 Å². The monoisotopic (exact) mass is 507 g/mol. The highest BCUT2D eigenvalue weighted by Crippen LogP contribution is 2.48. The lowest BCUT2D eigenvalue weighted by Crippen LogP contribution is -2.41. The van der Waals surface area contributed by atoms with Crippen molar-refractivity contribution in [2.75, 3.05) is 42.6 Å². The van der Waals surface area contributed by atoms with Crippen LogP contribution in [0, 0.1) is 6.92 Å². The zero-order chi connectivity index (χ0) is 25.9. The van der Waals surface area contributed by atoms with E-state index in [1.54, 1.807) is 0 Å². The third kappa shape index (κ3) is 3.73. The summed E-state index contributed by atoms with van der Waals surface area (Å²) >= 11 is 0. The second-order valence-corrected chi connectivity index (χ2v) is 11.2. The SMILES string of the molecule is Cc1cc(N2CCCC2=O)ccc1-c1ccc(C(=O)N2CCc3cc4c(cc32)C2(CCNCC2)CO4)cc1. The summed E-state index contributed by atoms with van der Waals surface area (Å²) in [5.74, 6) is 1.26. The predicted molar refractivity (Wildman–Crippen MR) is 149 cm³/mol. The summed E-state index contributed by atoms with van der Waals surface area (Å²) < 4.78 is 6.15. The molecule has 1 N–H and O–H groups in total. The van der Waals surface area contributed by atoms with Crippen LogP contribution >= 0.6 is 0 Å². The summed E-state index contributed by atoms with van der Waals surface area (Å²) in [6.45, 7) is 6.33. The molecule has 6 nitrogen and oxygen atoms in total. The van der Waals surface area contributed by atoms with Crippen LogP contribution in [-0.4, -0.2) is 44.6 Å². The van der Waals surface area contributed by atoms with E-state index in [9.17, 15) is 9.59 Å². The van der Waals surface area contributed by atoms with Gasteiger partial charge in [-0.15, -0.1) is 0 Å². The number of carbonyl (C=O) groups excluding carboxylic acids is 2. The molecule has 2 saturated heterocycles. The van der Waals surface area contributed by atoms with Gasteiger partial charge >= 0.3 is 0 Å². The molecule has 4 aliphatic heterocycles. The van der Waals surface area contributed by atoms with Crippen LogP contribution in [-0.2, 0) is 16.6 Å². The van der Waals surface area contributed by atoms with Gasteiger partial charge in [0.05, 0.1) is 6.61 Å². The summed E-state index contributed by atoms with van der Waals surface area (Å²) in [5, 5.41) is 3.47. The Morgan fingerprint density at radius 2 is 1.79 bits per heavy atom. The molecule has 3 aromatic rings. The van der Waals surface area contributed by atoms with E-state index in [0.717, 1.165) is 85.7 Å². The zero-order valence-electron chi connectivity index (χ0n) is 21.9. The fourth-order valence-corrected chi connectivity index (χ4v) is 6.78. The van der Waals surface area contributed by atoms with Crippen LogP contribution in [0.4, 0.5) is 11.4 Å². The van der Waals surface area contributed by atoms with Crippen molar-refractivity contribution in [3.05, 3.63) is 76.9 Å². The topological polar surface area (TPSA) is 61.9 Å². The van der Waals surface area contributed by atoms with Gasteiger partial charge in [-0.1, -0.05) is 18.2 Å². The van der Waals surface area contributed by atoms with Crippen molar-refractivity contribution >= 4 is 23.2 Å². The van der Waals surface area contributed by atoms with Gasteiger partial charge in [0.25, 0.3) is 5.91 Å². The molecule has 0 bridgehead atoms. The molecule has 4 heterocycles. The Balaban J connectivity index is 1.13. The van der Waals surface area contributed by atoms with Gasteiger partial charge in [-0.2, -0.15) is 0 Å². The number of nitrogens with one attached hydrogen (secondary N) is 1. The number of anilines is 2. The zero-order valence-corrected chi connectivity index (χ0v) is 21.9. The average molecular weight is 508 g/mol. The van der Waals surface area contributed by atoms with E-state index in [1.807, 2.05) is 40.1 Å². The molecule has 2 fully saturated rings. The molecule has 0 aliphatic carbocycles. The average Bonchev–Trinajstić information content (AvgIpc) is 3.65. The smallest absolute Gasteiger partial charge is 0.258 e. The molecule has 0 atom stereocenters. The van der Waals surface area contributed by atoms with Crippen LogP contribution in [0.1, 0.15) is 52.7 Å². The Morgan fingerprint density at radius 3 is 2.53 bits per heavy atom. The van der Waals surface area contributed by atoms with Crippen molar-refractivity contribution < 1.29 is 14.3 Å². The molecular weight excluding hydrogens is 474 g/mol. The molecule has 2 amide bonds. The lowest BCUT2D eigenvalue weighted by molar-refractivity contribution is -0.117. The first-order chi connectivity index (χ1) is 18.5. The Labute approximate surface area is 223 Å². The van der Waals surface area contributed by atoms with E-state index in [1.165, 1.54) is 11.1 Å². The molecule has 4 aliphatic rings. The maximum absolute atomic E-state index is 13.7. The number of carbonyl (C=O) groups is 2. The first-order valence-electron chi connectivity index (χ1n) is 13.9. The summed E-state index contributed by atoms with van der Waals surface area (Å²) in [6, 6.07) is 18.6. The first-order valence-corrected chi connectivity index (χ1v) is 13.9. The van der Waals surface area contributed by atoms with Crippen LogP contribution in [0.15, 0.2) is 54.6 Å². The third-order valence-electron chi connectivity index (χ3n) is 9.00. The third-order valence-corrected chi connectivity index (χ3v) is 9.00. The summed E-state index contributed by atoms with van der Waals surface area (Å²) in [4.78, 5) is 29.6. The van der Waals surface area contributed by atoms with Gasteiger partial charge in [-0.05, 0) is 104 Å². The van der Waals surface area contributed by atoms with Crippen molar-refractivity contribution in [1.82, 2.24) is 5.32 Å². The standard InChI is InChI=1S/C32H33N3O3/c1-21-17-25(34-15-2-3-30(34)36)8-9-26(21)22-4-6-23(7-5-22)31(37)35-16-10-24-18-29-27(19-28(24)35)32(20-38-29)11-13-33-14-12-32/h4-9,17-19,33H,2-3,10-16,20H2,1H3. The number of hydrogen-bond donors (Lipinski definition) is 1. The number of ether oxygens (including phenoxy) is 1. The number of amides is 2. The molecule has 1 spiro atoms. The van der Waals surface area contributed by atoms with Gasteiger partial charge in [-0.25, -0.2) is 0 Å². The van der Waals surface area contributed by atoms with Gasteiger partial charge < -0.3 is 19.9 Å². The Hall–Kier alpha value is -3.64. The number of fused-ring (bicyclic) bond motifs is 3. The Kier molecular flexibility index (Phi) is 5.55. The van der Waals surface area contributed by atoms with Crippen LogP contribution in [0.2, 0.25) is 0 Å². The summed E-state index contributed by atoms with van der Waals surface area (Å²) in [6.07, 6.45) is 4.55. The molecule has 6 heteroatoms. The maximum Gasteiger partial charge on any atom is 0.258 e. The Morgan fingerprint density at radius 1 is 0.974 bits per heavy atom. The van der Waals surface area contributed by atoms with Gasteiger partial charge in [-0.3, -0.25) is 9.59 Å². The summed E-state index contributed by atoms with van der Waals surface area (Å²) in [7, 11) is 0. The Bertz CT molecular complexity index is 1440. The molecular formula is C32H33N3O3. The second kappa shape index (κ2) is 8.98. The fraction of sp³-hybridized carbons (Fsp3) is 0.375. The first kappa shape index (κ1) is 23.5. The number of rotatable bonds is 3. The highest BCUT2D eigenvalue weighted by Gasteiger charge is 2.43. The maximum atomic E-state index is 13.7. The second-order valence-electron chi connectivity index (χ2n) is 11.2.